The molecule has 0 aromatic heterocycles. The summed E-state index contributed by atoms with van der Waals surface area (Å²) in [4.78, 5) is 11.3. The SMILES string of the molecule is CC(C)C1NC(=O)C(C)C(C)(F)N1. The molecule has 3 unspecified atom stereocenters. The standard InChI is InChI=1S/C9H17FN2O/c1-5(2)7-11-8(13)6(3)9(4,10)12-7/h5-7,12H,1-4H3,(H,11,13). The Labute approximate surface area is 78.1 Å². The Morgan fingerprint density at radius 1 is 1.54 bits per heavy atom. The lowest BCUT2D eigenvalue weighted by molar-refractivity contribution is -0.138. The maximum Gasteiger partial charge on any atom is 0.228 e. The number of hydrogen-bond acceptors (Lipinski definition) is 2. The van der Waals surface area contributed by atoms with E-state index in [0.29, 0.717) is 0 Å². The highest BCUT2D eigenvalue weighted by atomic mass is 19.1. The van der Waals surface area contributed by atoms with Crippen molar-refractivity contribution in [3.05, 3.63) is 0 Å². The number of nitrogens with one attached hydrogen (secondary N) is 2. The zero-order valence-electron chi connectivity index (χ0n) is 8.52. The average molecular weight is 188 g/mol. The van der Waals surface area contributed by atoms with Gasteiger partial charge in [0, 0.05) is 0 Å². The fourth-order valence-electron chi connectivity index (χ4n) is 1.32. The lowest BCUT2D eigenvalue weighted by atomic mass is 9.94. The van der Waals surface area contributed by atoms with Crippen molar-refractivity contribution < 1.29 is 9.18 Å². The van der Waals surface area contributed by atoms with Gasteiger partial charge in [0.05, 0.1) is 12.1 Å². The van der Waals surface area contributed by atoms with Crippen molar-refractivity contribution in [1.29, 1.82) is 0 Å². The van der Waals surface area contributed by atoms with Gasteiger partial charge in [-0.05, 0) is 19.8 Å². The summed E-state index contributed by atoms with van der Waals surface area (Å²) in [6, 6.07) is 0. The topological polar surface area (TPSA) is 41.1 Å². The lowest BCUT2D eigenvalue weighted by Crippen LogP contribution is -2.66. The second kappa shape index (κ2) is 3.25. The number of alkyl halides is 1. The van der Waals surface area contributed by atoms with Crippen LogP contribution in [0.2, 0.25) is 0 Å². The van der Waals surface area contributed by atoms with Gasteiger partial charge < -0.3 is 5.32 Å². The summed E-state index contributed by atoms with van der Waals surface area (Å²) in [6.45, 7) is 6.86. The molecule has 3 atom stereocenters. The maximum atomic E-state index is 13.8. The van der Waals surface area contributed by atoms with E-state index in [1.54, 1.807) is 6.92 Å². The molecule has 1 amide bonds. The average Bonchev–Trinajstić information content (AvgIpc) is 1.99. The summed E-state index contributed by atoms with van der Waals surface area (Å²) in [5, 5.41) is 5.50. The Balaban J connectivity index is 2.76. The molecular formula is C9H17FN2O. The molecule has 0 aliphatic carbocycles. The Hall–Kier alpha value is -0.640. The second-order valence-corrected chi connectivity index (χ2v) is 4.17. The van der Waals surface area contributed by atoms with Gasteiger partial charge in [0.1, 0.15) is 0 Å². The third kappa shape index (κ3) is 1.99. The number of carbonyl (C=O) groups excluding carboxylic acids is 1. The summed E-state index contributed by atoms with van der Waals surface area (Å²) in [7, 11) is 0. The largest absolute Gasteiger partial charge is 0.340 e. The van der Waals surface area contributed by atoms with Crippen LogP contribution >= 0.6 is 0 Å². The number of hydrogen-bond donors (Lipinski definition) is 2. The van der Waals surface area contributed by atoms with Crippen molar-refractivity contribution in [1.82, 2.24) is 10.6 Å². The van der Waals surface area contributed by atoms with Gasteiger partial charge in [0.2, 0.25) is 5.91 Å². The summed E-state index contributed by atoms with van der Waals surface area (Å²) >= 11 is 0. The molecule has 1 aliphatic heterocycles. The molecule has 1 rings (SSSR count). The highest BCUT2D eigenvalue weighted by Crippen LogP contribution is 2.24. The van der Waals surface area contributed by atoms with Crippen LogP contribution in [0.15, 0.2) is 0 Å². The van der Waals surface area contributed by atoms with Crippen LogP contribution in [-0.2, 0) is 4.79 Å². The monoisotopic (exact) mass is 188 g/mol. The summed E-state index contributed by atoms with van der Waals surface area (Å²) in [5.74, 6) is -2.27. The Kier molecular flexibility index (Phi) is 2.61. The van der Waals surface area contributed by atoms with Crippen molar-refractivity contribution in [3.8, 4) is 0 Å². The van der Waals surface area contributed by atoms with Crippen molar-refractivity contribution in [3.63, 3.8) is 0 Å². The molecular weight excluding hydrogens is 171 g/mol. The molecule has 0 radical (unpaired) electrons. The molecule has 0 spiro atoms. The van der Waals surface area contributed by atoms with E-state index in [9.17, 15) is 9.18 Å². The normalized spacial score (nSPS) is 40.6. The maximum absolute atomic E-state index is 13.8. The quantitative estimate of drug-likeness (QED) is 0.603. The van der Waals surface area contributed by atoms with E-state index in [-0.39, 0.29) is 18.0 Å². The minimum atomic E-state index is -1.60. The van der Waals surface area contributed by atoms with Gasteiger partial charge in [-0.3, -0.25) is 10.1 Å². The van der Waals surface area contributed by atoms with Crippen LogP contribution in [0.1, 0.15) is 27.7 Å². The van der Waals surface area contributed by atoms with Crippen molar-refractivity contribution >= 4 is 5.91 Å². The molecule has 0 aromatic rings. The van der Waals surface area contributed by atoms with Gasteiger partial charge in [0.25, 0.3) is 0 Å². The molecule has 4 heteroatoms. The predicted octanol–water partition coefficient (Wildman–Crippen LogP) is 1.01. The zero-order chi connectivity index (χ0) is 10.2. The number of carbonyl (C=O) groups is 1. The molecule has 13 heavy (non-hydrogen) atoms. The number of rotatable bonds is 1. The summed E-state index contributed by atoms with van der Waals surface area (Å²) < 4.78 is 13.8. The van der Waals surface area contributed by atoms with Gasteiger partial charge in [-0.1, -0.05) is 13.8 Å². The second-order valence-electron chi connectivity index (χ2n) is 4.17. The fourth-order valence-corrected chi connectivity index (χ4v) is 1.32. The van der Waals surface area contributed by atoms with Crippen LogP contribution in [0.5, 0.6) is 0 Å². The first-order valence-corrected chi connectivity index (χ1v) is 4.61. The van der Waals surface area contributed by atoms with E-state index >= 15 is 0 Å². The van der Waals surface area contributed by atoms with E-state index in [1.165, 1.54) is 6.92 Å². The van der Waals surface area contributed by atoms with Crippen LogP contribution in [0, 0.1) is 11.8 Å². The third-order valence-electron chi connectivity index (χ3n) is 2.61. The molecule has 3 nitrogen and oxygen atoms in total. The molecule has 1 fully saturated rings. The van der Waals surface area contributed by atoms with Crippen molar-refractivity contribution in [2.45, 2.75) is 39.7 Å². The van der Waals surface area contributed by atoms with Gasteiger partial charge >= 0.3 is 0 Å². The van der Waals surface area contributed by atoms with E-state index < -0.39 is 11.7 Å². The molecule has 1 aliphatic rings. The molecule has 0 bridgehead atoms. The van der Waals surface area contributed by atoms with Gasteiger partial charge in [-0.15, -0.1) is 0 Å². The first-order valence-electron chi connectivity index (χ1n) is 4.61. The van der Waals surface area contributed by atoms with Gasteiger partial charge in [-0.25, -0.2) is 4.39 Å². The molecule has 1 heterocycles. The predicted molar refractivity (Wildman–Crippen MR) is 48.6 cm³/mol. The molecule has 0 aromatic carbocycles. The van der Waals surface area contributed by atoms with Crippen LogP contribution in [-0.4, -0.2) is 17.9 Å². The Morgan fingerprint density at radius 3 is 2.46 bits per heavy atom. The molecule has 1 saturated heterocycles. The van der Waals surface area contributed by atoms with Crippen molar-refractivity contribution in [2.24, 2.45) is 11.8 Å². The van der Waals surface area contributed by atoms with E-state index in [4.69, 9.17) is 0 Å². The first-order chi connectivity index (χ1) is 5.84. The lowest BCUT2D eigenvalue weighted by Gasteiger charge is -2.40. The third-order valence-corrected chi connectivity index (χ3v) is 2.61. The highest BCUT2D eigenvalue weighted by molar-refractivity contribution is 5.80. The minimum Gasteiger partial charge on any atom is -0.340 e. The molecule has 2 N–H and O–H groups in total. The molecule has 76 valence electrons. The van der Waals surface area contributed by atoms with Crippen molar-refractivity contribution in [2.75, 3.05) is 0 Å². The van der Waals surface area contributed by atoms with E-state index in [0.717, 1.165) is 0 Å². The van der Waals surface area contributed by atoms with Crippen LogP contribution in [0.4, 0.5) is 4.39 Å². The van der Waals surface area contributed by atoms with E-state index in [2.05, 4.69) is 10.6 Å². The fraction of sp³-hybridized carbons (Fsp3) is 0.889. The summed E-state index contributed by atoms with van der Waals surface area (Å²) in [6.07, 6.45) is -0.265. The van der Waals surface area contributed by atoms with Crippen LogP contribution in [0.3, 0.4) is 0 Å². The highest BCUT2D eigenvalue weighted by Gasteiger charge is 2.43. The zero-order valence-corrected chi connectivity index (χ0v) is 8.52. The number of halogens is 1. The Bertz CT molecular complexity index is 216. The van der Waals surface area contributed by atoms with Gasteiger partial charge in [0.15, 0.2) is 5.79 Å². The minimum absolute atomic E-state index is 0.187. The summed E-state index contributed by atoms with van der Waals surface area (Å²) in [5.41, 5.74) is 0. The van der Waals surface area contributed by atoms with E-state index in [1.807, 2.05) is 13.8 Å². The molecule has 0 saturated carbocycles. The smallest absolute Gasteiger partial charge is 0.228 e. The first kappa shape index (κ1) is 10.4. The Morgan fingerprint density at radius 2 is 2.08 bits per heavy atom. The van der Waals surface area contributed by atoms with Crippen LogP contribution < -0.4 is 10.6 Å². The number of amides is 1. The van der Waals surface area contributed by atoms with Gasteiger partial charge in [-0.2, -0.15) is 0 Å². The van der Waals surface area contributed by atoms with Crippen LogP contribution in [0.25, 0.3) is 0 Å².